The van der Waals surface area contributed by atoms with Crippen LogP contribution in [0.25, 0.3) is 0 Å². The van der Waals surface area contributed by atoms with E-state index in [1.54, 1.807) is 0 Å². The lowest BCUT2D eigenvalue weighted by molar-refractivity contribution is -0.121. The van der Waals surface area contributed by atoms with E-state index >= 15 is 0 Å². The summed E-state index contributed by atoms with van der Waals surface area (Å²) in [7, 11) is 0. The fraction of sp³-hybridized carbons (Fsp3) is 0.316. The molecule has 2 aromatic rings. The molecule has 0 saturated carbocycles. The van der Waals surface area contributed by atoms with Gasteiger partial charge in [0.15, 0.2) is 0 Å². The first kappa shape index (κ1) is 16.2. The summed E-state index contributed by atoms with van der Waals surface area (Å²) in [5.74, 6) is 0.0472. The third kappa shape index (κ3) is 5.01. The van der Waals surface area contributed by atoms with Crippen LogP contribution in [-0.2, 0) is 17.6 Å². The highest BCUT2D eigenvalue weighted by molar-refractivity contribution is 5.76. The maximum absolute atomic E-state index is 11.9. The van der Waals surface area contributed by atoms with Crippen LogP contribution in [-0.4, -0.2) is 12.5 Å². The van der Waals surface area contributed by atoms with Crippen LogP contribution < -0.4 is 11.1 Å². The fourth-order valence-corrected chi connectivity index (χ4v) is 2.33. The van der Waals surface area contributed by atoms with Crippen molar-refractivity contribution in [2.75, 3.05) is 6.54 Å². The Morgan fingerprint density at radius 1 is 1.05 bits per heavy atom. The Morgan fingerprint density at radius 2 is 1.68 bits per heavy atom. The molecule has 0 aromatic heterocycles. The summed E-state index contributed by atoms with van der Waals surface area (Å²) in [4.78, 5) is 11.9. The van der Waals surface area contributed by atoms with Crippen molar-refractivity contribution in [2.45, 2.75) is 32.2 Å². The largest absolute Gasteiger partial charge is 0.354 e. The van der Waals surface area contributed by atoms with E-state index in [2.05, 4.69) is 36.5 Å². The summed E-state index contributed by atoms with van der Waals surface area (Å²) in [6, 6.07) is 18.1. The number of benzene rings is 2. The van der Waals surface area contributed by atoms with Gasteiger partial charge in [0.1, 0.15) is 0 Å². The van der Waals surface area contributed by atoms with E-state index in [1.165, 1.54) is 11.1 Å². The number of aryl methyl sites for hydroxylation is 2. The molecule has 0 aliphatic rings. The van der Waals surface area contributed by atoms with Crippen LogP contribution in [0.1, 0.15) is 36.1 Å². The van der Waals surface area contributed by atoms with Gasteiger partial charge in [-0.2, -0.15) is 0 Å². The zero-order chi connectivity index (χ0) is 15.8. The molecule has 0 aliphatic carbocycles. The van der Waals surface area contributed by atoms with E-state index in [4.69, 9.17) is 5.73 Å². The van der Waals surface area contributed by atoms with Crippen LogP contribution in [0.15, 0.2) is 54.6 Å². The number of rotatable bonds is 7. The molecule has 3 N–H and O–H groups in total. The Morgan fingerprint density at radius 3 is 2.32 bits per heavy atom. The molecular weight excluding hydrogens is 272 g/mol. The molecule has 0 bridgehead atoms. The van der Waals surface area contributed by atoms with Crippen LogP contribution in [0, 0.1) is 0 Å². The molecule has 2 aromatic carbocycles. The number of carbonyl (C=O) groups excluding carboxylic acids is 1. The van der Waals surface area contributed by atoms with Crippen molar-refractivity contribution in [1.29, 1.82) is 0 Å². The molecule has 0 saturated heterocycles. The Labute approximate surface area is 132 Å². The highest BCUT2D eigenvalue weighted by atomic mass is 16.1. The molecule has 3 nitrogen and oxygen atoms in total. The molecule has 1 atom stereocenters. The lowest BCUT2D eigenvalue weighted by atomic mass is 10.1. The van der Waals surface area contributed by atoms with Crippen molar-refractivity contribution in [3.63, 3.8) is 0 Å². The predicted octanol–water partition coefficient (Wildman–Crippen LogP) is 3.00. The summed E-state index contributed by atoms with van der Waals surface area (Å²) in [5, 5.41) is 2.91. The summed E-state index contributed by atoms with van der Waals surface area (Å²) in [6.45, 7) is 2.61. The molecule has 0 fully saturated rings. The molecular formula is C19H24N2O. The van der Waals surface area contributed by atoms with E-state index in [0.29, 0.717) is 13.0 Å². The Hall–Kier alpha value is -2.13. The molecule has 0 radical (unpaired) electrons. The van der Waals surface area contributed by atoms with Crippen molar-refractivity contribution in [3.8, 4) is 0 Å². The van der Waals surface area contributed by atoms with Crippen molar-refractivity contribution in [2.24, 2.45) is 5.73 Å². The van der Waals surface area contributed by atoms with Crippen LogP contribution in [0.5, 0.6) is 0 Å². The van der Waals surface area contributed by atoms with Crippen molar-refractivity contribution in [3.05, 3.63) is 71.3 Å². The van der Waals surface area contributed by atoms with Crippen LogP contribution >= 0.6 is 0 Å². The van der Waals surface area contributed by atoms with Gasteiger partial charge < -0.3 is 11.1 Å². The maximum Gasteiger partial charge on any atom is 0.220 e. The van der Waals surface area contributed by atoms with Gasteiger partial charge in [-0.15, -0.1) is 0 Å². The van der Waals surface area contributed by atoms with E-state index in [9.17, 15) is 4.79 Å². The molecule has 1 amide bonds. The number of hydrogen-bond donors (Lipinski definition) is 2. The first-order chi connectivity index (χ1) is 10.7. The molecule has 2 rings (SSSR count). The summed E-state index contributed by atoms with van der Waals surface area (Å²) < 4.78 is 0. The normalized spacial score (nSPS) is 11.9. The molecule has 0 heterocycles. The first-order valence-electron chi connectivity index (χ1n) is 7.84. The standard InChI is InChI=1S/C19H24N2O/c1-2-15-8-10-16(11-9-15)12-13-19(22)21-14-18(20)17-6-4-3-5-7-17/h3-11,18H,2,12-14,20H2,1H3,(H,21,22). The van der Waals surface area contributed by atoms with Gasteiger partial charge in [-0.25, -0.2) is 0 Å². The minimum Gasteiger partial charge on any atom is -0.354 e. The zero-order valence-corrected chi connectivity index (χ0v) is 13.1. The van der Waals surface area contributed by atoms with Crippen molar-refractivity contribution < 1.29 is 4.79 Å². The molecule has 22 heavy (non-hydrogen) atoms. The molecule has 0 spiro atoms. The van der Waals surface area contributed by atoms with Gasteiger partial charge in [0.2, 0.25) is 5.91 Å². The third-order valence-electron chi connectivity index (χ3n) is 3.82. The van der Waals surface area contributed by atoms with Gasteiger partial charge in [0, 0.05) is 19.0 Å². The second kappa shape index (κ2) is 8.35. The van der Waals surface area contributed by atoms with Crippen LogP contribution in [0.2, 0.25) is 0 Å². The fourth-order valence-electron chi connectivity index (χ4n) is 2.33. The van der Waals surface area contributed by atoms with Crippen LogP contribution in [0.3, 0.4) is 0 Å². The number of nitrogens with one attached hydrogen (secondary N) is 1. The van der Waals surface area contributed by atoms with E-state index in [0.717, 1.165) is 18.4 Å². The third-order valence-corrected chi connectivity index (χ3v) is 3.82. The van der Waals surface area contributed by atoms with Crippen molar-refractivity contribution >= 4 is 5.91 Å². The smallest absolute Gasteiger partial charge is 0.220 e. The summed E-state index contributed by atoms with van der Waals surface area (Å²) >= 11 is 0. The van der Waals surface area contributed by atoms with Gasteiger partial charge in [-0.3, -0.25) is 4.79 Å². The highest BCUT2D eigenvalue weighted by Gasteiger charge is 2.08. The van der Waals surface area contributed by atoms with Gasteiger partial charge in [0.05, 0.1) is 0 Å². The Balaban J connectivity index is 1.73. The monoisotopic (exact) mass is 296 g/mol. The summed E-state index contributed by atoms with van der Waals surface area (Å²) in [6.07, 6.45) is 2.29. The van der Waals surface area contributed by atoms with Crippen LogP contribution in [0.4, 0.5) is 0 Å². The topological polar surface area (TPSA) is 55.1 Å². The highest BCUT2D eigenvalue weighted by Crippen LogP contribution is 2.09. The predicted molar refractivity (Wildman–Crippen MR) is 90.5 cm³/mol. The van der Waals surface area contributed by atoms with Crippen molar-refractivity contribution in [1.82, 2.24) is 5.32 Å². The molecule has 3 heteroatoms. The number of nitrogens with two attached hydrogens (primary N) is 1. The number of amides is 1. The second-order valence-electron chi connectivity index (χ2n) is 5.49. The van der Waals surface area contributed by atoms with Gasteiger partial charge in [0.25, 0.3) is 0 Å². The Bertz CT molecular complexity index is 578. The van der Waals surface area contributed by atoms with Gasteiger partial charge >= 0.3 is 0 Å². The number of carbonyl (C=O) groups is 1. The molecule has 0 aliphatic heterocycles. The number of hydrogen-bond acceptors (Lipinski definition) is 2. The maximum atomic E-state index is 11.9. The van der Waals surface area contributed by atoms with E-state index < -0.39 is 0 Å². The lowest BCUT2D eigenvalue weighted by Gasteiger charge is -2.13. The van der Waals surface area contributed by atoms with E-state index in [-0.39, 0.29) is 11.9 Å². The minimum absolute atomic E-state index is 0.0472. The first-order valence-corrected chi connectivity index (χ1v) is 7.84. The average molecular weight is 296 g/mol. The van der Waals surface area contributed by atoms with E-state index in [1.807, 2.05) is 30.3 Å². The quantitative estimate of drug-likeness (QED) is 0.825. The Kier molecular flexibility index (Phi) is 6.16. The average Bonchev–Trinajstić information content (AvgIpc) is 2.59. The minimum atomic E-state index is -0.158. The SMILES string of the molecule is CCc1ccc(CCC(=O)NCC(N)c2ccccc2)cc1. The lowest BCUT2D eigenvalue weighted by Crippen LogP contribution is -2.32. The van der Waals surface area contributed by atoms with Gasteiger partial charge in [-0.1, -0.05) is 61.5 Å². The molecule has 1 unspecified atom stereocenters. The summed E-state index contributed by atoms with van der Waals surface area (Å²) in [5.41, 5.74) is 9.62. The van der Waals surface area contributed by atoms with Gasteiger partial charge in [-0.05, 0) is 29.5 Å². The second-order valence-corrected chi connectivity index (χ2v) is 5.49. The molecule has 116 valence electrons. The zero-order valence-electron chi connectivity index (χ0n) is 13.1.